The highest BCUT2D eigenvalue weighted by molar-refractivity contribution is 5.98. The van der Waals surface area contributed by atoms with Crippen LogP contribution in [0.4, 0.5) is 0 Å². The second-order valence-electron chi connectivity index (χ2n) is 5.27. The van der Waals surface area contributed by atoms with Crippen LogP contribution in [-0.4, -0.2) is 22.5 Å². The van der Waals surface area contributed by atoms with Crippen molar-refractivity contribution in [2.24, 2.45) is 0 Å². The summed E-state index contributed by atoms with van der Waals surface area (Å²) < 4.78 is 0. The van der Waals surface area contributed by atoms with E-state index < -0.39 is 11.5 Å². The number of carbonyl (C=O) groups is 2. The Bertz CT molecular complexity index is 490. The van der Waals surface area contributed by atoms with Crippen LogP contribution in [0.1, 0.15) is 48.0 Å². The van der Waals surface area contributed by atoms with Crippen LogP contribution >= 0.6 is 0 Å². The molecule has 0 saturated heterocycles. The van der Waals surface area contributed by atoms with Gasteiger partial charge in [0.2, 0.25) is 0 Å². The third-order valence-corrected chi connectivity index (χ3v) is 3.75. The van der Waals surface area contributed by atoms with E-state index in [0.29, 0.717) is 18.4 Å². The van der Waals surface area contributed by atoms with E-state index in [9.17, 15) is 14.7 Å². The summed E-state index contributed by atoms with van der Waals surface area (Å²) in [6.07, 6.45) is 3.76. The van der Waals surface area contributed by atoms with Crippen LogP contribution in [0.2, 0.25) is 0 Å². The number of hydrogen-bond acceptors (Lipinski definition) is 2. The number of carboxylic acids is 1. The lowest BCUT2D eigenvalue weighted by atomic mass is 9.81. The van der Waals surface area contributed by atoms with Crippen molar-refractivity contribution in [3.05, 3.63) is 35.4 Å². The van der Waals surface area contributed by atoms with Gasteiger partial charge in [0, 0.05) is 5.56 Å². The summed E-state index contributed by atoms with van der Waals surface area (Å²) in [6.45, 7) is 1.91. The molecule has 1 saturated carbocycles. The van der Waals surface area contributed by atoms with Gasteiger partial charge >= 0.3 is 5.97 Å². The van der Waals surface area contributed by atoms with Crippen LogP contribution < -0.4 is 5.32 Å². The van der Waals surface area contributed by atoms with E-state index >= 15 is 0 Å². The van der Waals surface area contributed by atoms with E-state index in [2.05, 4.69) is 5.32 Å². The van der Waals surface area contributed by atoms with Crippen molar-refractivity contribution in [1.82, 2.24) is 5.32 Å². The molecule has 4 nitrogen and oxygen atoms in total. The number of hydrogen-bond donors (Lipinski definition) is 2. The molecule has 0 bridgehead atoms. The molecule has 1 aromatic rings. The zero-order valence-electron chi connectivity index (χ0n) is 11.1. The minimum atomic E-state index is -1.08. The molecule has 1 amide bonds. The SMILES string of the molecule is Cc1cccc(C(=O)NC2(C(=O)O)CCCCC2)c1. The Hall–Kier alpha value is -1.84. The first-order valence-corrected chi connectivity index (χ1v) is 6.66. The minimum Gasteiger partial charge on any atom is -0.480 e. The van der Waals surface area contributed by atoms with Crippen molar-refractivity contribution >= 4 is 11.9 Å². The molecule has 1 fully saturated rings. The Morgan fingerprint density at radius 1 is 1.21 bits per heavy atom. The molecule has 102 valence electrons. The zero-order chi connectivity index (χ0) is 13.9. The van der Waals surface area contributed by atoms with Gasteiger partial charge in [-0.05, 0) is 31.9 Å². The maximum absolute atomic E-state index is 12.2. The highest BCUT2D eigenvalue weighted by Crippen LogP contribution is 2.28. The molecule has 1 aromatic carbocycles. The van der Waals surface area contributed by atoms with E-state index in [1.807, 2.05) is 13.0 Å². The molecule has 1 aliphatic rings. The van der Waals surface area contributed by atoms with Crippen molar-refractivity contribution in [2.75, 3.05) is 0 Å². The first-order valence-electron chi connectivity index (χ1n) is 6.66. The van der Waals surface area contributed by atoms with E-state index in [4.69, 9.17) is 0 Å². The molecule has 2 N–H and O–H groups in total. The monoisotopic (exact) mass is 261 g/mol. The summed E-state index contributed by atoms with van der Waals surface area (Å²) in [7, 11) is 0. The summed E-state index contributed by atoms with van der Waals surface area (Å²) in [6, 6.07) is 7.19. The number of aliphatic carboxylic acids is 1. The largest absolute Gasteiger partial charge is 0.480 e. The van der Waals surface area contributed by atoms with Gasteiger partial charge in [0.15, 0.2) is 0 Å². The van der Waals surface area contributed by atoms with Crippen molar-refractivity contribution in [3.63, 3.8) is 0 Å². The van der Waals surface area contributed by atoms with Crippen molar-refractivity contribution in [3.8, 4) is 0 Å². The number of carbonyl (C=O) groups excluding carboxylic acids is 1. The van der Waals surface area contributed by atoms with Crippen LogP contribution in [0, 0.1) is 6.92 Å². The number of aryl methyl sites for hydroxylation is 1. The molecular weight excluding hydrogens is 242 g/mol. The topological polar surface area (TPSA) is 66.4 Å². The quantitative estimate of drug-likeness (QED) is 0.878. The van der Waals surface area contributed by atoms with E-state index in [-0.39, 0.29) is 5.91 Å². The molecule has 0 spiro atoms. The number of carboxylic acid groups (broad SMARTS) is 1. The maximum atomic E-state index is 12.2. The van der Waals surface area contributed by atoms with Gasteiger partial charge in [-0.1, -0.05) is 37.0 Å². The third kappa shape index (κ3) is 2.95. The number of nitrogens with one attached hydrogen (secondary N) is 1. The lowest BCUT2D eigenvalue weighted by Gasteiger charge is -2.34. The highest BCUT2D eigenvalue weighted by atomic mass is 16.4. The predicted octanol–water partition coefficient (Wildman–Crippen LogP) is 2.51. The second kappa shape index (κ2) is 5.43. The summed E-state index contributed by atoms with van der Waals surface area (Å²) in [4.78, 5) is 23.7. The van der Waals surface area contributed by atoms with E-state index in [1.54, 1.807) is 18.2 Å². The molecule has 2 rings (SSSR count). The fraction of sp³-hybridized carbons (Fsp3) is 0.467. The second-order valence-corrected chi connectivity index (χ2v) is 5.27. The Balaban J connectivity index is 2.18. The maximum Gasteiger partial charge on any atom is 0.329 e. The fourth-order valence-corrected chi connectivity index (χ4v) is 2.62. The third-order valence-electron chi connectivity index (χ3n) is 3.75. The number of rotatable bonds is 3. The first kappa shape index (κ1) is 13.6. The van der Waals surface area contributed by atoms with E-state index in [0.717, 1.165) is 24.8 Å². The van der Waals surface area contributed by atoms with Gasteiger partial charge in [-0.25, -0.2) is 4.79 Å². The summed E-state index contributed by atoms with van der Waals surface area (Å²) in [5.74, 6) is -1.22. The standard InChI is InChI=1S/C15H19NO3/c1-11-6-5-7-12(10-11)13(17)16-15(14(18)19)8-3-2-4-9-15/h5-7,10H,2-4,8-9H2,1H3,(H,16,17)(H,18,19). The lowest BCUT2D eigenvalue weighted by Crippen LogP contribution is -2.55. The predicted molar refractivity (Wildman–Crippen MR) is 72.1 cm³/mol. The first-order chi connectivity index (χ1) is 9.03. The van der Waals surface area contributed by atoms with Gasteiger partial charge < -0.3 is 10.4 Å². The Labute approximate surface area is 112 Å². The summed E-state index contributed by atoms with van der Waals surface area (Å²) in [5, 5.41) is 12.2. The van der Waals surface area contributed by atoms with Gasteiger partial charge in [0.05, 0.1) is 0 Å². The summed E-state index contributed by atoms with van der Waals surface area (Å²) >= 11 is 0. The molecule has 0 unspecified atom stereocenters. The highest BCUT2D eigenvalue weighted by Gasteiger charge is 2.41. The van der Waals surface area contributed by atoms with Crippen LogP contribution in [0.25, 0.3) is 0 Å². The molecule has 0 radical (unpaired) electrons. The van der Waals surface area contributed by atoms with Crippen LogP contribution in [0.5, 0.6) is 0 Å². The molecule has 0 atom stereocenters. The van der Waals surface area contributed by atoms with E-state index in [1.165, 1.54) is 0 Å². The average molecular weight is 261 g/mol. The summed E-state index contributed by atoms with van der Waals surface area (Å²) in [5.41, 5.74) is 0.422. The molecular formula is C15H19NO3. The smallest absolute Gasteiger partial charge is 0.329 e. The Morgan fingerprint density at radius 2 is 1.89 bits per heavy atom. The molecule has 0 aromatic heterocycles. The molecule has 0 aliphatic heterocycles. The van der Waals surface area contributed by atoms with Gasteiger partial charge in [-0.15, -0.1) is 0 Å². The van der Waals surface area contributed by atoms with Gasteiger partial charge in [0.25, 0.3) is 5.91 Å². The van der Waals surface area contributed by atoms with Gasteiger partial charge in [-0.3, -0.25) is 4.79 Å². The molecule has 19 heavy (non-hydrogen) atoms. The van der Waals surface area contributed by atoms with Crippen molar-refractivity contribution < 1.29 is 14.7 Å². The van der Waals surface area contributed by atoms with Gasteiger partial charge in [0.1, 0.15) is 5.54 Å². The van der Waals surface area contributed by atoms with Gasteiger partial charge in [-0.2, -0.15) is 0 Å². The molecule has 0 heterocycles. The van der Waals surface area contributed by atoms with Crippen LogP contribution in [0.15, 0.2) is 24.3 Å². The van der Waals surface area contributed by atoms with Crippen LogP contribution in [-0.2, 0) is 4.79 Å². The average Bonchev–Trinajstić information content (AvgIpc) is 2.39. The zero-order valence-corrected chi connectivity index (χ0v) is 11.1. The number of amides is 1. The minimum absolute atomic E-state index is 0.298. The number of benzene rings is 1. The molecule has 1 aliphatic carbocycles. The lowest BCUT2D eigenvalue weighted by molar-refractivity contribution is -0.145. The molecule has 4 heteroatoms. The Kier molecular flexibility index (Phi) is 3.88. The van der Waals surface area contributed by atoms with Crippen LogP contribution in [0.3, 0.4) is 0 Å². The Morgan fingerprint density at radius 3 is 2.47 bits per heavy atom. The normalized spacial score (nSPS) is 17.7. The fourth-order valence-electron chi connectivity index (χ4n) is 2.62. The van der Waals surface area contributed by atoms with Crippen molar-refractivity contribution in [1.29, 1.82) is 0 Å². The van der Waals surface area contributed by atoms with Crippen molar-refractivity contribution in [2.45, 2.75) is 44.6 Å².